The zero-order valence-electron chi connectivity index (χ0n) is 19.6. The Bertz CT molecular complexity index is 790. The molecule has 0 aromatic carbocycles. The highest BCUT2D eigenvalue weighted by molar-refractivity contribution is 5.68. The number of carbonyl (C=O) groups is 4. The molecule has 3 rings (SSSR count). The van der Waals surface area contributed by atoms with Crippen LogP contribution in [0.4, 0.5) is 0 Å². The number of carbonyl (C=O) groups excluding carboxylic acids is 4. The average Bonchev–Trinajstić information content (AvgIpc) is 3.08. The third kappa shape index (κ3) is 3.68. The Kier molecular flexibility index (Phi) is 6.62. The Labute approximate surface area is 188 Å². The van der Waals surface area contributed by atoms with E-state index in [1.807, 2.05) is 13.8 Å². The quantitative estimate of drug-likeness (QED) is 0.471. The molecule has 0 aromatic heterocycles. The fourth-order valence-corrected chi connectivity index (χ4v) is 7.35. The van der Waals surface area contributed by atoms with E-state index in [9.17, 15) is 24.3 Å². The Morgan fingerprint density at radius 3 is 1.91 bits per heavy atom. The van der Waals surface area contributed by atoms with Crippen LogP contribution in [-0.4, -0.2) is 60.5 Å². The van der Waals surface area contributed by atoms with Gasteiger partial charge >= 0.3 is 23.9 Å². The molecule has 0 aliphatic heterocycles. The fraction of sp³-hybridized carbons (Fsp3) is 0.826. The third-order valence-corrected chi connectivity index (χ3v) is 7.99. The molecule has 0 unspecified atom stereocenters. The molecule has 9 nitrogen and oxygen atoms in total. The number of hydrogen-bond acceptors (Lipinski definition) is 9. The van der Waals surface area contributed by atoms with Crippen molar-refractivity contribution < 1.29 is 43.2 Å². The molecule has 1 spiro atoms. The molecule has 0 radical (unpaired) electrons. The maximum atomic E-state index is 12.2. The van der Waals surface area contributed by atoms with Gasteiger partial charge in [0.15, 0.2) is 0 Å². The van der Waals surface area contributed by atoms with Crippen LogP contribution in [0.5, 0.6) is 0 Å². The first kappa shape index (κ1) is 24.5. The van der Waals surface area contributed by atoms with E-state index in [-0.39, 0.29) is 25.0 Å². The minimum atomic E-state index is -0.916. The summed E-state index contributed by atoms with van der Waals surface area (Å²) in [4.78, 5) is 47.9. The number of fused-ring (bicyclic) bond motifs is 1. The number of aliphatic hydroxyl groups excluding tert-OH is 1. The van der Waals surface area contributed by atoms with Crippen LogP contribution in [0.3, 0.4) is 0 Å². The van der Waals surface area contributed by atoms with E-state index in [0.29, 0.717) is 6.42 Å². The Morgan fingerprint density at radius 1 is 0.844 bits per heavy atom. The molecule has 1 N–H and O–H groups in total. The van der Waals surface area contributed by atoms with Gasteiger partial charge in [0.05, 0.1) is 13.2 Å². The zero-order chi connectivity index (χ0) is 24.0. The van der Waals surface area contributed by atoms with E-state index in [4.69, 9.17) is 18.9 Å². The highest BCUT2D eigenvalue weighted by Crippen LogP contribution is 2.74. The summed E-state index contributed by atoms with van der Waals surface area (Å²) in [5, 5.41) is 10.6. The summed E-state index contributed by atoms with van der Waals surface area (Å²) < 4.78 is 22.7. The van der Waals surface area contributed by atoms with Gasteiger partial charge in [0.25, 0.3) is 0 Å². The summed E-state index contributed by atoms with van der Waals surface area (Å²) in [7, 11) is 0. The highest BCUT2D eigenvalue weighted by atomic mass is 16.6. The molecular formula is C23H34O9. The molecule has 3 saturated carbocycles. The maximum Gasteiger partial charge on any atom is 0.303 e. The summed E-state index contributed by atoms with van der Waals surface area (Å²) in [6.45, 7) is 9.00. The van der Waals surface area contributed by atoms with Gasteiger partial charge in [0.1, 0.15) is 18.3 Å². The summed E-state index contributed by atoms with van der Waals surface area (Å²) in [5.41, 5.74) is -1.28. The van der Waals surface area contributed by atoms with E-state index in [1.54, 1.807) is 0 Å². The van der Waals surface area contributed by atoms with Crippen LogP contribution in [-0.2, 0) is 38.1 Å². The molecule has 32 heavy (non-hydrogen) atoms. The lowest BCUT2D eigenvalue weighted by atomic mass is 9.57. The average molecular weight is 455 g/mol. The highest BCUT2D eigenvalue weighted by Gasteiger charge is 2.79. The SMILES string of the molecule is CC(=O)OC[C@H]1CC[C@@H]2C(C)(C)[C@H]3[C@@H](OC(C)=O)[C@@H](OC(C)=O)[C@@H](CO)[C@@]12[C@H]3OC(C)=O. The van der Waals surface area contributed by atoms with E-state index in [1.165, 1.54) is 27.7 Å². The molecule has 3 fully saturated rings. The topological polar surface area (TPSA) is 125 Å². The van der Waals surface area contributed by atoms with E-state index >= 15 is 0 Å². The predicted octanol–water partition coefficient (Wildman–Crippen LogP) is 1.64. The predicted molar refractivity (Wildman–Crippen MR) is 110 cm³/mol. The number of ether oxygens (including phenoxy) is 4. The lowest BCUT2D eigenvalue weighted by molar-refractivity contribution is -0.232. The van der Waals surface area contributed by atoms with Crippen molar-refractivity contribution in [3.05, 3.63) is 0 Å². The first-order valence-corrected chi connectivity index (χ1v) is 11.1. The number of aliphatic hydroxyl groups is 1. The number of rotatable bonds is 6. The van der Waals surface area contributed by atoms with E-state index in [0.717, 1.165) is 6.42 Å². The molecule has 2 bridgehead atoms. The minimum absolute atomic E-state index is 0.0410. The molecular weight excluding hydrogens is 420 g/mol. The summed E-state index contributed by atoms with van der Waals surface area (Å²) >= 11 is 0. The van der Waals surface area contributed by atoms with Crippen molar-refractivity contribution in [2.45, 2.75) is 72.7 Å². The van der Waals surface area contributed by atoms with Crippen LogP contribution in [0.15, 0.2) is 0 Å². The summed E-state index contributed by atoms with van der Waals surface area (Å²) in [6.07, 6.45) is -1.05. The molecule has 0 amide bonds. The van der Waals surface area contributed by atoms with Gasteiger partial charge in [-0.25, -0.2) is 0 Å². The largest absolute Gasteiger partial charge is 0.466 e. The van der Waals surface area contributed by atoms with Crippen LogP contribution in [0.1, 0.15) is 54.4 Å². The number of hydrogen-bond donors (Lipinski definition) is 1. The monoisotopic (exact) mass is 454 g/mol. The Balaban J connectivity index is 2.23. The van der Waals surface area contributed by atoms with Gasteiger partial charge in [0.2, 0.25) is 0 Å². The van der Waals surface area contributed by atoms with Gasteiger partial charge in [-0.1, -0.05) is 13.8 Å². The van der Waals surface area contributed by atoms with E-state index < -0.39 is 64.9 Å². The molecule has 0 saturated heterocycles. The van der Waals surface area contributed by atoms with Gasteiger partial charge < -0.3 is 24.1 Å². The number of esters is 4. The van der Waals surface area contributed by atoms with Crippen LogP contribution >= 0.6 is 0 Å². The van der Waals surface area contributed by atoms with Gasteiger partial charge in [-0.3, -0.25) is 19.2 Å². The second-order valence-electron chi connectivity index (χ2n) is 9.94. The molecule has 3 aliphatic carbocycles. The van der Waals surface area contributed by atoms with Crippen molar-refractivity contribution in [2.24, 2.45) is 34.5 Å². The Morgan fingerprint density at radius 2 is 1.41 bits per heavy atom. The van der Waals surface area contributed by atoms with Crippen molar-refractivity contribution in [1.82, 2.24) is 0 Å². The maximum absolute atomic E-state index is 12.2. The van der Waals surface area contributed by atoms with Crippen LogP contribution in [0, 0.1) is 34.5 Å². The fourth-order valence-electron chi connectivity index (χ4n) is 7.35. The van der Waals surface area contributed by atoms with Crippen molar-refractivity contribution in [3.8, 4) is 0 Å². The molecule has 0 aromatic rings. The lowest BCUT2D eigenvalue weighted by Gasteiger charge is -2.53. The molecule has 180 valence electrons. The summed E-state index contributed by atoms with van der Waals surface area (Å²) in [5.74, 6) is -3.42. The van der Waals surface area contributed by atoms with Gasteiger partial charge in [0, 0.05) is 50.9 Å². The van der Waals surface area contributed by atoms with Crippen LogP contribution in [0.25, 0.3) is 0 Å². The third-order valence-electron chi connectivity index (χ3n) is 7.99. The second-order valence-corrected chi connectivity index (χ2v) is 9.94. The first-order valence-electron chi connectivity index (χ1n) is 11.1. The lowest BCUT2D eigenvalue weighted by Crippen LogP contribution is -2.64. The van der Waals surface area contributed by atoms with Crippen LogP contribution in [0.2, 0.25) is 0 Å². The van der Waals surface area contributed by atoms with Crippen LogP contribution < -0.4 is 0 Å². The van der Waals surface area contributed by atoms with Gasteiger partial charge in [-0.15, -0.1) is 0 Å². The zero-order valence-corrected chi connectivity index (χ0v) is 19.6. The standard InChI is InChI=1S/C23H34O9/c1-11(25)29-10-15-7-8-17-22(5,6)18-20(31-13(3)27)19(30-12(2)26)16(9-24)23(15,17)21(18)32-14(4)28/h15-21,24H,7-10H2,1-6H3/t15-,16-,17-,18+,19+,20-,21+,23+/m1/s1. The van der Waals surface area contributed by atoms with Crippen molar-refractivity contribution in [1.29, 1.82) is 0 Å². The molecule has 0 heterocycles. The Hall–Kier alpha value is -2.16. The molecule has 8 atom stereocenters. The van der Waals surface area contributed by atoms with E-state index in [2.05, 4.69) is 0 Å². The first-order chi connectivity index (χ1) is 14.9. The molecule has 3 aliphatic rings. The molecule has 9 heteroatoms. The smallest absolute Gasteiger partial charge is 0.303 e. The van der Waals surface area contributed by atoms with Gasteiger partial charge in [-0.05, 0) is 24.2 Å². The van der Waals surface area contributed by atoms with Crippen molar-refractivity contribution in [3.63, 3.8) is 0 Å². The normalized spacial score (nSPS) is 39.0. The van der Waals surface area contributed by atoms with Crippen molar-refractivity contribution >= 4 is 23.9 Å². The minimum Gasteiger partial charge on any atom is -0.466 e. The van der Waals surface area contributed by atoms with Gasteiger partial charge in [-0.2, -0.15) is 0 Å². The summed E-state index contributed by atoms with van der Waals surface area (Å²) in [6, 6.07) is 0. The van der Waals surface area contributed by atoms with Crippen molar-refractivity contribution in [2.75, 3.05) is 13.2 Å². The second kappa shape index (κ2) is 8.65.